The number of benzene rings is 1. The lowest BCUT2D eigenvalue weighted by Gasteiger charge is -2.18. The van der Waals surface area contributed by atoms with Gasteiger partial charge in [-0.05, 0) is 43.0 Å². The molecule has 2 atom stereocenters. The first-order chi connectivity index (χ1) is 10.6. The maximum absolute atomic E-state index is 6.04. The molecule has 0 saturated heterocycles. The molecule has 0 unspecified atom stereocenters. The molecule has 2 heterocycles. The van der Waals surface area contributed by atoms with E-state index >= 15 is 0 Å². The predicted octanol–water partition coefficient (Wildman–Crippen LogP) is 4.86. The van der Waals surface area contributed by atoms with Crippen molar-refractivity contribution in [3.63, 3.8) is 0 Å². The topological polar surface area (TPSA) is 51.0 Å². The third kappa shape index (κ3) is 3.38. The SMILES string of the molecule is C[C@@H](N[C@H](C)c1nnc(-c2cccs2)o1)c1cccc(Cl)c1. The van der Waals surface area contributed by atoms with Crippen LogP contribution in [0.2, 0.25) is 5.02 Å². The molecule has 22 heavy (non-hydrogen) atoms. The first kappa shape index (κ1) is 15.2. The Balaban J connectivity index is 1.70. The van der Waals surface area contributed by atoms with Crippen molar-refractivity contribution in [2.24, 2.45) is 0 Å². The summed E-state index contributed by atoms with van der Waals surface area (Å²) in [4.78, 5) is 0.980. The second kappa shape index (κ2) is 6.60. The summed E-state index contributed by atoms with van der Waals surface area (Å²) in [7, 11) is 0. The monoisotopic (exact) mass is 333 g/mol. The second-order valence-electron chi connectivity index (χ2n) is 5.09. The highest BCUT2D eigenvalue weighted by Crippen LogP contribution is 2.26. The summed E-state index contributed by atoms with van der Waals surface area (Å²) in [5.74, 6) is 1.14. The van der Waals surface area contributed by atoms with Gasteiger partial charge in [-0.3, -0.25) is 5.32 Å². The maximum atomic E-state index is 6.04. The fourth-order valence-electron chi connectivity index (χ4n) is 2.23. The highest BCUT2D eigenvalue weighted by Gasteiger charge is 2.18. The highest BCUT2D eigenvalue weighted by atomic mass is 35.5. The molecule has 114 valence electrons. The Morgan fingerprint density at radius 1 is 1.14 bits per heavy atom. The van der Waals surface area contributed by atoms with Gasteiger partial charge in [-0.2, -0.15) is 0 Å². The fourth-order valence-corrected chi connectivity index (χ4v) is 3.07. The zero-order valence-corrected chi connectivity index (χ0v) is 13.9. The highest BCUT2D eigenvalue weighted by molar-refractivity contribution is 7.13. The van der Waals surface area contributed by atoms with Crippen LogP contribution in [0.3, 0.4) is 0 Å². The molecule has 0 bridgehead atoms. The maximum Gasteiger partial charge on any atom is 0.257 e. The molecule has 6 heteroatoms. The van der Waals surface area contributed by atoms with Crippen molar-refractivity contribution in [2.45, 2.75) is 25.9 Å². The first-order valence-electron chi connectivity index (χ1n) is 7.02. The summed E-state index contributed by atoms with van der Waals surface area (Å²) < 4.78 is 5.75. The minimum absolute atomic E-state index is 0.0461. The fraction of sp³-hybridized carbons (Fsp3) is 0.250. The van der Waals surface area contributed by atoms with Gasteiger partial charge in [0.25, 0.3) is 5.89 Å². The Kier molecular flexibility index (Phi) is 4.57. The Hall–Kier alpha value is -1.69. The Morgan fingerprint density at radius 3 is 2.73 bits per heavy atom. The largest absolute Gasteiger partial charge is 0.418 e. The van der Waals surface area contributed by atoms with E-state index in [4.69, 9.17) is 16.0 Å². The molecule has 0 aliphatic rings. The third-order valence-electron chi connectivity index (χ3n) is 3.39. The molecule has 4 nitrogen and oxygen atoms in total. The van der Waals surface area contributed by atoms with Gasteiger partial charge >= 0.3 is 0 Å². The van der Waals surface area contributed by atoms with Crippen LogP contribution in [0.25, 0.3) is 10.8 Å². The van der Waals surface area contributed by atoms with Gasteiger partial charge < -0.3 is 4.42 Å². The van der Waals surface area contributed by atoms with Crippen molar-refractivity contribution in [1.82, 2.24) is 15.5 Å². The van der Waals surface area contributed by atoms with Crippen LogP contribution >= 0.6 is 22.9 Å². The standard InChI is InChI=1S/C16H16ClN3OS/c1-10(12-5-3-6-13(17)9-12)18-11(2)15-19-20-16(21-15)14-7-4-8-22-14/h3-11,18H,1-2H3/t10-,11-/m1/s1. The summed E-state index contributed by atoms with van der Waals surface area (Å²) >= 11 is 7.62. The van der Waals surface area contributed by atoms with Crippen molar-refractivity contribution in [2.75, 3.05) is 0 Å². The van der Waals surface area contributed by atoms with E-state index in [9.17, 15) is 0 Å². The summed E-state index contributed by atoms with van der Waals surface area (Å²) in [6, 6.07) is 11.8. The number of hydrogen-bond donors (Lipinski definition) is 1. The van der Waals surface area contributed by atoms with Crippen LogP contribution in [0, 0.1) is 0 Å². The molecule has 0 radical (unpaired) electrons. The number of aromatic nitrogens is 2. The van der Waals surface area contributed by atoms with E-state index in [1.54, 1.807) is 11.3 Å². The average Bonchev–Trinajstić information content (AvgIpc) is 3.18. The van der Waals surface area contributed by atoms with E-state index in [0.29, 0.717) is 11.8 Å². The molecule has 0 aliphatic carbocycles. The smallest absolute Gasteiger partial charge is 0.257 e. The zero-order valence-electron chi connectivity index (χ0n) is 12.3. The van der Waals surface area contributed by atoms with Gasteiger partial charge in [-0.25, -0.2) is 0 Å². The van der Waals surface area contributed by atoms with Crippen LogP contribution in [0.15, 0.2) is 46.2 Å². The van der Waals surface area contributed by atoms with Gasteiger partial charge in [0.05, 0.1) is 10.9 Å². The molecule has 3 aromatic rings. The molecule has 0 fully saturated rings. The summed E-state index contributed by atoms with van der Waals surface area (Å²) in [6.07, 6.45) is 0. The lowest BCUT2D eigenvalue weighted by atomic mass is 10.1. The van der Waals surface area contributed by atoms with Gasteiger partial charge in [-0.1, -0.05) is 29.8 Å². The Labute approximate surface area is 138 Å². The van der Waals surface area contributed by atoms with Crippen molar-refractivity contribution < 1.29 is 4.42 Å². The number of halogens is 1. The molecule has 1 N–H and O–H groups in total. The Bertz CT molecular complexity index is 741. The van der Waals surface area contributed by atoms with Crippen LogP contribution < -0.4 is 5.32 Å². The number of nitrogens with zero attached hydrogens (tertiary/aromatic N) is 2. The quantitative estimate of drug-likeness (QED) is 0.724. The van der Waals surface area contributed by atoms with Gasteiger partial charge in [0.2, 0.25) is 5.89 Å². The number of rotatable bonds is 5. The van der Waals surface area contributed by atoms with Crippen LogP contribution in [0.5, 0.6) is 0 Å². The lowest BCUT2D eigenvalue weighted by molar-refractivity contribution is 0.395. The second-order valence-corrected chi connectivity index (χ2v) is 6.47. The molecule has 2 aromatic heterocycles. The van der Waals surface area contributed by atoms with Crippen LogP contribution in [-0.4, -0.2) is 10.2 Å². The van der Waals surface area contributed by atoms with E-state index in [0.717, 1.165) is 15.5 Å². The summed E-state index contributed by atoms with van der Waals surface area (Å²) in [6.45, 7) is 4.09. The van der Waals surface area contributed by atoms with Crippen molar-refractivity contribution in [3.8, 4) is 10.8 Å². The molecule has 0 aliphatic heterocycles. The van der Waals surface area contributed by atoms with E-state index in [-0.39, 0.29) is 12.1 Å². The normalized spacial score (nSPS) is 14.0. The minimum atomic E-state index is -0.0461. The molecule has 0 amide bonds. The molecule has 0 spiro atoms. The summed E-state index contributed by atoms with van der Waals surface area (Å²) in [5, 5.41) is 14.4. The van der Waals surface area contributed by atoms with Crippen molar-refractivity contribution in [3.05, 3.63) is 58.3 Å². The molecule has 3 rings (SSSR count). The summed E-state index contributed by atoms with van der Waals surface area (Å²) in [5.41, 5.74) is 1.12. The number of nitrogens with one attached hydrogen (secondary N) is 1. The Morgan fingerprint density at radius 2 is 2.00 bits per heavy atom. The van der Waals surface area contributed by atoms with E-state index < -0.39 is 0 Å². The zero-order chi connectivity index (χ0) is 15.5. The average molecular weight is 334 g/mol. The molecular weight excluding hydrogens is 318 g/mol. The minimum Gasteiger partial charge on any atom is -0.418 e. The van der Waals surface area contributed by atoms with Crippen LogP contribution in [0.4, 0.5) is 0 Å². The van der Waals surface area contributed by atoms with Crippen LogP contribution in [-0.2, 0) is 0 Å². The van der Waals surface area contributed by atoms with Gasteiger partial charge in [-0.15, -0.1) is 21.5 Å². The van der Waals surface area contributed by atoms with Crippen LogP contribution in [0.1, 0.15) is 37.4 Å². The number of hydrogen-bond acceptors (Lipinski definition) is 5. The molecule has 0 saturated carbocycles. The predicted molar refractivity (Wildman–Crippen MR) is 89.0 cm³/mol. The van der Waals surface area contributed by atoms with Crippen molar-refractivity contribution in [1.29, 1.82) is 0 Å². The first-order valence-corrected chi connectivity index (χ1v) is 8.28. The van der Waals surface area contributed by atoms with Gasteiger partial charge in [0.15, 0.2) is 0 Å². The van der Waals surface area contributed by atoms with E-state index in [1.165, 1.54) is 0 Å². The van der Waals surface area contributed by atoms with Crippen molar-refractivity contribution >= 4 is 22.9 Å². The van der Waals surface area contributed by atoms with E-state index in [2.05, 4.69) is 22.4 Å². The molecular formula is C16H16ClN3OS. The molecule has 1 aromatic carbocycles. The van der Waals surface area contributed by atoms with Gasteiger partial charge in [0.1, 0.15) is 0 Å². The van der Waals surface area contributed by atoms with E-state index in [1.807, 2.05) is 48.7 Å². The third-order valence-corrected chi connectivity index (χ3v) is 4.48. The number of thiophene rings is 1. The lowest BCUT2D eigenvalue weighted by Crippen LogP contribution is -2.22. The van der Waals surface area contributed by atoms with Gasteiger partial charge in [0, 0.05) is 11.1 Å².